The van der Waals surface area contributed by atoms with Crippen molar-refractivity contribution in [2.24, 2.45) is 0 Å². The molecule has 0 N–H and O–H groups in total. The summed E-state index contributed by atoms with van der Waals surface area (Å²) in [5.41, 5.74) is 0.171. The van der Waals surface area contributed by atoms with E-state index < -0.39 is 0 Å². The van der Waals surface area contributed by atoms with E-state index in [2.05, 4.69) is 68.5 Å². The number of hydrogen-bond donors (Lipinski definition) is 0. The summed E-state index contributed by atoms with van der Waals surface area (Å²) in [6.45, 7) is 17.4. The van der Waals surface area contributed by atoms with Crippen LogP contribution in [-0.2, 0) is 4.74 Å². The average Bonchev–Trinajstić information content (AvgIpc) is 2.52. The predicted octanol–water partition coefficient (Wildman–Crippen LogP) is 3.73. The Morgan fingerprint density at radius 2 is 1.58 bits per heavy atom. The Bertz CT molecular complexity index is 575. The van der Waals surface area contributed by atoms with Gasteiger partial charge in [-0.05, 0) is 53.7 Å². The van der Waals surface area contributed by atoms with Crippen LogP contribution in [-0.4, -0.2) is 59.4 Å². The highest BCUT2D eigenvalue weighted by molar-refractivity contribution is 5.41. The lowest BCUT2D eigenvalue weighted by Crippen LogP contribution is -2.53. The van der Waals surface area contributed by atoms with Crippen LogP contribution in [0.5, 0.6) is 5.75 Å². The van der Waals surface area contributed by atoms with Gasteiger partial charge in [-0.15, -0.1) is 0 Å². The van der Waals surface area contributed by atoms with E-state index >= 15 is 0 Å². The summed E-state index contributed by atoms with van der Waals surface area (Å²) in [4.78, 5) is 9.53. The zero-order valence-electron chi connectivity index (χ0n) is 17.3. The van der Waals surface area contributed by atoms with Crippen LogP contribution in [0.15, 0.2) is 18.3 Å². The molecule has 0 aromatic carbocycles. The number of pyridine rings is 1. The molecule has 5 nitrogen and oxygen atoms in total. The average molecular weight is 362 g/mol. The fraction of sp³-hybridized carbons (Fsp3) is 0.762. The van der Waals surface area contributed by atoms with Gasteiger partial charge < -0.3 is 14.4 Å². The Hall–Kier alpha value is -1.33. The van der Waals surface area contributed by atoms with Gasteiger partial charge in [0.05, 0.1) is 17.9 Å². The maximum Gasteiger partial charge on any atom is 0.138 e. The molecule has 0 atom stereocenters. The standard InChI is InChI=1S/C21H35N3O2/c1-20(2,3)24-11-9-23(10-12-24)19-8-7-16(15-22-19)25-17-13-18(14-17)26-21(4,5)6/h7-8,15,17-18H,9-14H2,1-6H3. The van der Waals surface area contributed by atoms with Crippen LogP contribution in [0, 0.1) is 0 Å². The SMILES string of the molecule is CC(C)(C)OC1CC(Oc2ccc(N3CCN(C(C)(C)C)CC3)nc2)C1. The highest BCUT2D eigenvalue weighted by Gasteiger charge is 2.34. The van der Waals surface area contributed by atoms with Crippen molar-refractivity contribution in [3.63, 3.8) is 0 Å². The zero-order chi connectivity index (χ0) is 18.9. The molecule has 0 radical (unpaired) electrons. The van der Waals surface area contributed by atoms with Crippen LogP contribution < -0.4 is 9.64 Å². The topological polar surface area (TPSA) is 37.8 Å². The summed E-state index contributed by atoms with van der Waals surface area (Å²) < 4.78 is 12.0. The summed E-state index contributed by atoms with van der Waals surface area (Å²) in [5.74, 6) is 1.91. The molecule has 1 aromatic rings. The van der Waals surface area contributed by atoms with Crippen LogP contribution in [0.25, 0.3) is 0 Å². The fourth-order valence-corrected chi connectivity index (χ4v) is 3.64. The minimum absolute atomic E-state index is 0.0736. The smallest absolute Gasteiger partial charge is 0.138 e. The number of rotatable bonds is 4. The third-order valence-electron chi connectivity index (χ3n) is 5.15. The monoisotopic (exact) mass is 361 g/mol. The van der Waals surface area contributed by atoms with Crippen molar-refractivity contribution in [3.8, 4) is 5.75 Å². The molecule has 5 heteroatoms. The molecule has 1 aromatic heterocycles. The normalized spacial score (nSPS) is 25.1. The van der Waals surface area contributed by atoms with E-state index in [4.69, 9.17) is 9.47 Å². The number of anilines is 1. The molecule has 0 bridgehead atoms. The van der Waals surface area contributed by atoms with E-state index in [9.17, 15) is 0 Å². The first-order valence-corrected chi connectivity index (χ1v) is 9.91. The number of hydrogen-bond acceptors (Lipinski definition) is 5. The van der Waals surface area contributed by atoms with E-state index in [0.717, 1.165) is 50.6 Å². The summed E-state index contributed by atoms with van der Waals surface area (Å²) in [6.07, 6.45) is 4.38. The van der Waals surface area contributed by atoms with Gasteiger partial charge in [0.1, 0.15) is 17.7 Å². The molecule has 2 fully saturated rings. The summed E-state index contributed by atoms with van der Waals surface area (Å²) in [7, 11) is 0. The predicted molar refractivity (Wildman–Crippen MR) is 106 cm³/mol. The first-order chi connectivity index (χ1) is 12.1. The second-order valence-electron chi connectivity index (χ2n) is 9.56. The maximum atomic E-state index is 6.03. The first-order valence-electron chi connectivity index (χ1n) is 9.91. The van der Waals surface area contributed by atoms with E-state index in [1.807, 2.05) is 6.20 Å². The Balaban J connectivity index is 1.45. The lowest BCUT2D eigenvalue weighted by molar-refractivity contribution is -0.126. The number of ether oxygens (including phenoxy) is 2. The molecule has 2 heterocycles. The molecule has 146 valence electrons. The van der Waals surface area contributed by atoms with Crippen molar-refractivity contribution < 1.29 is 9.47 Å². The van der Waals surface area contributed by atoms with Crippen molar-refractivity contribution in [3.05, 3.63) is 18.3 Å². The molecule has 1 saturated carbocycles. The highest BCUT2D eigenvalue weighted by Crippen LogP contribution is 2.31. The quantitative estimate of drug-likeness (QED) is 0.817. The fourth-order valence-electron chi connectivity index (χ4n) is 3.64. The first kappa shape index (κ1) is 19.4. The third-order valence-corrected chi connectivity index (χ3v) is 5.15. The number of aromatic nitrogens is 1. The molecule has 3 rings (SSSR count). The van der Waals surface area contributed by atoms with E-state index in [1.165, 1.54) is 0 Å². The second-order valence-corrected chi connectivity index (χ2v) is 9.56. The van der Waals surface area contributed by atoms with Gasteiger partial charge in [-0.3, -0.25) is 4.90 Å². The summed E-state index contributed by atoms with van der Waals surface area (Å²) in [6, 6.07) is 4.14. The molecule has 1 saturated heterocycles. The third kappa shape index (κ3) is 5.10. The molecule has 1 aliphatic carbocycles. The van der Waals surface area contributed by atoms with Crippen molar-refractivity contribution >= 4 is 5.82 Å². The summed E-state index contributed by atoms with van der Waals surface area (Å²) >= 11 is 0. The lowest BCUT2D eigenvalue weighted by atomic mass is 9.91. The van der Waals surface area contributed by atoms with Gasteiger partial charge in [-0.25, -0.2) is 4.98 Å². The van der Waals surface area contributed by atoms with Crippen molar-refractivity contribution in [1.82, 2.24) is 9.88 Å². The lowest BCUT2D eigenvalue weighted by Gasteiger charge is -2.42. The largest absolute Gasteiger partial charge is 0.489 e. The van der Waals surface area contributed by atoms with Crippen molar-refractivity contribution in [2.75, 3.05) is 31.1 Å². The van der Waals surface area contributed by atoms with Crippen LogP contribution in [0.2, 0.25) is 0 Å². The molecular weight excluding hydrogens is 326 g/mol. The van der Waals surface area contributed by atoms with Crippen molar-refractivity contribution in [2.45, 2.75) is 77.7 Å². The summed E-state index contributed by atoms with van der Waals surface area (Å²) in [5, 5.41) is 0. The van der Waals surface area contributed by atoms with Crippen LogP contribution in [0.1, 0.15) is 54.4 Å². The zero-order valence-corrected chi connectivity index (χ0v) is 17.3. The number of piperazine rings is 1. The van der Waals surface area contributed by atoms with Gasteiger partial charge in [0, 0.05) is 44.6 Å². The molecule has 1 aliphatic heterocycles. The molecule has 0 unspecified atom stereocenters. The van der Waals surface area contributed by atoms with Crippen LogP contribution in [0.3, 0.4) is 0 Å². The molecular formula is C21H35N3O2. The van der Waals surface area contributed by atoms with E-state index in [1.54, 1.807) is 0 Å². The van der Waals surface area contributed by atoms with Crippen LogP contribution >= 0.6 is 0 Å². The Morgan fingerprint density at radius 3 is 2.08 bits per heavy atom. The molecule has 26 heavy (non-hydrogen) atoms. The van der Waals surface area contributed by atoms with Gasteiger partial charge >= 0.3 is 0 Å². The Kier molecular flexibility index (Phi) is 5.50. The highest BCUT2D eigenvalue weighted by atomic mass is 16.5. The van der Waals surface area contributed by atoms with Crippen LogP contribution in [0.4, 0.5) is 5.82 Å². The Morgan fingerprint density at radius 1 is 0.923 bits per heavy atom. The second kappa shape index (κ2) is 7.35. The van der Waals surface area contributed by atoms with Gasteiger partial charge in [0.15, 0.2) is 0 Å². The number of nitrogens with zero attached hydrogens (tertiary/aromatic N) is 3. The van der Waals surface area contributed by atoms with Gasteiger partial charge in [-0.1, -0.05) is 0 Å². The van der Waals surface area contributed by atoms with Gasteiger partial charge in [0.25, 0.3) is 0 Å². The maximum absolute atomic E-state index is 6.03. The van der Waals surface area contributed by atoms with Gasteiger partial charge in [0.2, 0.25) is 0 Å². The Labute approximate surface area is 158 Å². The van der Waals surface area contributed by atoms with E-state index in [-0.39, 0.29) is 17.2 Å². The minimum atomic E-state index is -0.0736. The minimum Gasteiger partial charge on any atom is -0.489 e. The molecule has 0 spiro atoms. The molecule has 0 amide bonds. The van der Waals surface area contributed by atoms with Gasteiger partial charge in [-0.2, -0.15) is 0 Å². The van der Waals surface area contributed by atoms with E-state index in [0.29, 0.717) is 6.10 Å². The van der Waals surface area contributed by atoms with Crippen molar-refractivity contribution in [1.29, 1.82) is 0 Å². The molecule has 2 aliphatic rings.